The first-order valence-electron chi connectivity index (χ1n) is 8.92. The van der Waals surface area contributed by atoms with Crippen molar-refractivity contribution in [2.45, 2.75) is 39.4 Å². The Hall–Kier alpha value is -3.17. The van der Waals surface area contributed by atoms with Gasteiger partial charge in [-0.15, -0.1) is 0 Å². The second-order valence-electron chi connectivity index (χ2n) is 6.50. The van der Waals surface area contributed by atoms with E-state index in [0.717, 1.165) is 11.3 Å². The predicted molar refractivity (Wildman–Crippen MR) is 98.1 cm³/mol. The van der Waals surface area contributed by atoms with Crippen molar-refractivity contribution in [1.29, 1.82) is 0 Å². The maximum atomic E-state index is 12.3. The molecule has 0 radical (unpaired) electrons. The summed E-state index contributed by atoms with van der Waals surface area (Å²) in [5, 5.41) is 14.4. The van der Waals surface area contributed by atoms with Crippen LogP contribution in [0, 0.1) is 6.92 Å². The van der Waals surface area contributed by atoms with E-state index in [2.05, 4.69) is 15.1 Å². The lowest BCUT2D eigenvalue weighted by Crippen LogP contribution is -2.14. The number of rotatable bonds is 7. The number of hydrogen-bond acceptors (Lipinski definition) is 5. The Morgan fingerprint density at radius 2 is 2.07 bits per heavy atom. The number of carboxylic acid groups (broad SMARTS) is 1. The van der Waals surface area contributed by atoms with Crippen LogP contribution in [0.5, 0.6) is 5.88 Å². The quantitative estimate of drug-likeness (QED) is 0.640. The summed E-state index contributed by atoms with van der Waals surface area (Å²) in [5.41, 5.74) is 2.58. The zero-order valence-corrected chi connectivity index (χ0v) is 15.8. The maximum absolute atomic E-state index is 12.3. The van der Waals surface area contributed by atoms with Crippen LogP contribution < -0.4 is 4.74 Å². The number of fused-ring (bicyclic) bond motifs is 1. The average molecular weight is 408 g/mol. The Kier molecular flexibility index (Phi) is 5.71. The smallest absolute Gasteiger partial charge is 0.392 e. The molecule has 0 bridgehead atoms. The molecule has 7 nitrogen and oxygen atoms in total. The number of nitrogens with zero attached hydrogens (tertiary/aromatic N) is 4. The molecule has 0 aliphatic rings. The lowest BCUT2D eigenvalue weighted by molar-refractivity contribution is -0.139. The van der Waals surface area contributed by atoms with Crippen LogP contribution in [-0.4, -0.2) is 43.6 Å². The third-order valence-electron chi connectivity index (χ3n) is 4.34. The van der Waals surface area contributed by atoms with Crippen LogP contribution in [0.3, 0.4) is 0 Å². The van der Waals surface area contributed by atoms with Crippen LogP contribution in [0.25, 0.3) is 10.9 Å². The summed E-state index contributed by atoms with van der Waals surface area (Å²) in [6.45, 7) is 3.43. The van der Waals surface area contributed by atoms with Gasteiger partial charge >= 0.3 is 12.1 Å². The highest BCUT2D eigenvalue weighted by atomic mass is 19.4. The molecule has 154 valence electrons. The Balaban J connectivity index is 1.85. The number of hydrogen-bond donors (Lipinski definition) is 1. The second kappa shape index (κ2) is 8.06. The van der Waals surface area contributed by atoms with E-state index in [1.807, 2.05) is 6.92 Å². The first-order chi connectivity index (χ1) is 13.7. The average Bonchev–Trinajstić information content (AvgIpc) is 2.99. The van der Waals surface area contributed by atoms with Crippen molar-refractivity contribution in [3.05, 3.63) is 47.0 Å². The molecule has 0 aromatic carbocycles. The fraction of sp³-hybridized carbons (Fsp3) is 0.368. The fourth-order valence-corrected chi connectivity index (χ4v) is 3.09. The molecular weight excluding hydrogens is 389 g/mol. The molecule has 0 fully saturated rings. The Morgan fingerprint density at radius 3 is 2.69 bits per heavy atom. The van der Waals surface area contributed by atoms with Gasteiger partial charge in [-0.1, -0.05) is 6.92 Å². The van der Waals surface area contributed by atoms with Crippen molar-refractivity contribution in [3.63, 3.8) is 0 Å². The Labute approximate surface area is 164 Å². The minimum Gasteiger partial charge on any atom is -0.477 e. The molecular formula is C19H19F3N4O3. The van der Waals surface area contributed by atoms with Crippen LogP contribution in [0.4, 0.5) is 13.2 Å². The van der Waals surface area contributed by atoms with Gasteiger partial charge in [0.15, 0.2) is 5.69 Å². The minimum absolute atomic E-state index is 0.0479. The summed E-state index contributed by atoms with van der Waals surface area (Å²) in [5.74, 6) is -0.973. The van der Waals surface area contributed by atoms with Crippen molar-refractivity contribution in [1.82, 2.24) is 19.7 Å². The summed E-state index contributed by atoms with van der Waals surface area (Å²) in [7, 11) is 0. The highest BCUT2D eigenvalue weighted by Gasteiger charge is 2.27. The van der Waals surface area contributed by atoms with Crippen molar-refractivity contribution in [2.24, 2.45) is 0 Å². The summed E-state index contributed by atoms with van der Waals surface area (Å²) < 4.78 is 43.6. The van der Waals surface area contributed by atoms with Gasteiger partial charge in [0.1, 0.15) is 0 Å². The van der Waals surface area contributed by atoms with Gasteiger partial charge in [0, 0.05) is 23.7 Å². The van der Waals surface area contributed by atoms with Crippen LogP contribution in [0.2, 0.25) is 0 Å². The van der Waals surface area contributed by atoms with Crippen LogP contribution in [0.1, 0.15) is 40.7 Å². The number of aromatic nitrogens is 4. The first-order valence-corrected chi connectivity index (χ1v) is 8.92. The molecule has 3 heterocycles. The van der Waals surface area contributed by atoms with E-state index in [4.69, 9.17) is 4.74 Å². The number of halogens is 3. The highest BCUT2D eigenvalue weighted by Crippen LogP contribution is 2.24. The molecule has 0 unspecified atom stereocenters. The van der Waals surface area contributed by atoms with Gasteiger partial charge in [0.2, 0.25) is 5.88 Å². The molecule has 0 saturated carbocycles. The topological polar surface area (TPSA) is 90.1 Å². The largest absolute Gasteiger partial charge is 0.477 e. The van der Waals surface area contributed by atoms with E-state index in [1.54, 1.807) is 23.7 Å². The van der Waals surface area contributed by atoms with Crippen LogP contribution in [-0.2, 0) is 13.0 Å². The van der Waals surface area contributed by atoms with E-state index in [1.165, 1.54) is 12.4 Å². The van der Waals surface area contributed by atoms with E-state index in [9.17, 15) is 23.1 Å². The van der Waals surface area contributed by atoms with Crippen molar-refractivity contribution < 1.29 is 27.8 Å². The molecule has 29 heavy (non-hydrogen) atoms. The zero-order chi connectivity index (χ0) is 21.2. The zero-order valence-electron chi connectivity index (χ0n) is 15.8. The second-order valence-corrected chi connectivity index (χ2v) is 6.50. The van der Waals surface area contributed by atoms with E-state index >= 15 is 0 Å². The van der Waals surface area contributed by atoms with E-state index < -0.39 is 25.2 Å². The molecule has 0 atom stereocenters. The number of carbonyl (C=O) groups is 1. The molecule has 3 aromatic heterocycles. The van der Waals surface area contributed by atoms with Gasteiger partial charge in [-0.2, -0.15) is 18.3 Å². The molecule has 0 saturated heterocycles. The molecule has 0 aliphatic carbocycles. The highest BCUT2D eigenvalue weighted by molar-refractivity contribution is 6.01. The molecule has 3 rings (SSSR count). The lowest BCUT2D eigenvalue weighted by atomic mass is 10.1. The molecule has 0 amide bonds. The number of carboxylic acids is 1. The van der Waals surface area contributed by atoms with E-state index in [0.29, 0.717) is 29.4 Å². The Bertz CT molecular complexity index is 1050. The van der Waals surface area contributed by atoms with Crippen LogP contribution >= 0.6 is 0 Å². The van der Waals surface area contributed by atoms with Gasteiger partial charge in [-0.25, -0.2) is 14.8 Å². The summed E-state index contributed by atoms with van der Waals surface area (Å²) in [6, 6.07) is 3.41. The van der Waals surface area contributed by atoms with Gasteiger partial charge < -0.3 is 9.84 Å². The van der Waals surface area contributed by atoms with Gasteiger partial charge in [-0.3, -0.25) is 4.68 Å². The van der Waals surface area contributed by atoms with Crippen molar-refractivity contribution in [3.8, 4) is 5.88 Å². The maximum Gasteiger partial charge on any atom is 0.392 e. The standard InChI is InChI=1S/C19H19F3N4O3/c1-3-14-15-13(4-6-23-16(15)18(27)28)25-26(14)10-12-8-11(2)17(24-9-12)29-7-5-19(20,21)22/h4,6,8-9H,3,5,7,10H2,1-2H3,(H,27,28). The summed E-state index contributed by atoms with van der Waals surface area (Å²) in [6.07, 6.45) is -1.86. The van der Waals surface area contributed by atoms with E-state index in [-0.39, 0.29) is 11.6 Å². The molecule has 1 N–H and O–H groups in total. The van der Waals surface area contributed by atoms with Crippen LogP contribution in [0.15, 0.2) is 24.5 Å². The Morgan fingerprint density at radius 1 is 1.31 bits per heavy atom. The monoisotopic (exact) mass is 408 g/mol. The number of pyridine rings is 2. The number of alkyl halides is 3. The lowest BCUT2D eigenvalue weighted by Gasteiger charge is -2.12. The number of aromatic carboxylic acids is 1. The predicted octanol–water partition coefficient (Wildman–Crippen LogP) is 3.77. The van der Waals surface area contributed by atoms with Gasteiger partial charge in [0.25, 0.3) is 0 Å². The number of ether oxygens (including phenoxy) is 1. The van der Waals surface area contributed by atoms with Crippen molar-refractivity contribution in [2.75, 3.05) is 6.61 Å². The number of aryl methyl sites for hydroxylation is 2. The van der Waals surface area contributed by atoms with Gasteiger partial charge in [-0.05, 0) is 31.0 Å². The first kappa shape index (κ1) is 20.6. The third-order valence-corrected chi connectivity index (χ3v) is 4.34. The molecule has 0 aliphatic heterocycles. The minimum atomic E-state index is -4.28. The third kappa shape index (κ3) is 4.64. The van der Waals surface area contributed by atoms with Crippen molar-refractivity contribution >= 4 is 16.9 Å². The molecule has 3 aromatic rings. The summed E-state index contributed by atoms with van der Waals surface area (Å²) >= 11 is 0. The summed E-state index contributed by atoms with van der Waals surface area (Å²) in [4.78, 5) is 19.5. The SMILES string of the molecule is CCc1c2c(C(=O)O)nccc2nn1Cc1cnc(OCCC(F)(F)F)c(C)c1. The fourth-order valence-electron chi connectivity index (χ4n) is 3.09. The molecule has 0 spiro atoms. The molecule has 10 heteroatoms. The van der Waals surface area contributed by atoms with Gasteiger partial charge in [0.05, 0.1) is 30.5 Å². The normalized spacial score (nSPS) is 11.8.